The molecule has 4 aromatic heterocycles. The lowest BCUT2D eigenvalue weighted by molar-refractivity contribution is -0.159. The molecule has 3 fully saturated rings. The van der Waals surface area contributed by atoms with Gasteiger partial charge in [-0.2, -0.15) is 10.2 Å². The van der Waals surface area contributed by atoms with Gasteiger partial charge in [0.05, 0.1) is 66.0 Å². The van der Waals surface area contributed by atoms with E-state index in [0.717, 1.165) is 77.6 Å². The average Bonchev–Trinajstić information content (AvgIpc) is 3.93. The zero-order valence-electron chi connectivity index (χ0n) is 31.9. The third-order valence-corrected chi connectivity index (χ3v) is 11.9. The Morgan fingerprint density at radius 2 is 1.25 bits per heavy atom. The zero-order valence-corrected chi connectivity index (χ0v) is 32.7. The predicted molar refractivity (Wildman–Crippen MR) is 215 cm³/mol. The van der Waals surface area contributed by atoms with E-state index >= 15 is 0 Å². The second-order valence-corrected chi connectivity index (χ2v) is 15.4. The van der Waals surface area contributed by atoms with E-state index in [4.69, 9.17) is 45.7 Å². The minimum absolute atomic E-state index is 0.187. The fourth-order valence-corrected chi connectivity index (χ4v) is 8.44. The number of carbonyl (C=O) groups is 2. The largest absolute Gasteiger partial charge is 0.464 e. The summed E-state index contributed by atoms with van der Waals surface area (Å²) >= 11 is 6.49. The number of halogens is 1. The molecule has 57 heavy (non-hydrogen) atoms. The molecule has 4 aliphatic rings. The fraction of sp³-hybridized carbons (Fsp3) is 0.364. The van der Waals surface area contributed by atoms with Crippen molar-refractivity contribution in [1.29, 1.82) is 0 Å². The predicted octanol–water partition coefficient (Wildman–Crippen LogP) is 8.91. The van der Waals surface area contributed by atoms with Gasteiger partial charge in [-0.25, -0.2) is 28.9 Å². The molecule has 0 bridgehead atoms. The Hall–Kier alpha value is -5.43. The summed E-state index contributed by atoms with van der Waals surface area (Å²) in [5.74, 6) is -0.629. The molecule has 13 heteroatoms. The number of benzene rings is 2. The van der Waals surface area contributed by atoms with Crippen molar-refractivity contribution in [3.8, 4) is 11.4 Å². The van der Waals surface area contributed by atoms with Crippen LogP contribution in [-0.4, -0.2) is 74.7 Å². The second kappa shape index (κ2) is 15.5. The molecule has 0 radical (unpaired) electrons. The fourth-order valence-electron chi connectivity index (χ4n) is 8.16. The van der Waals surface area contributed by atoms with Gasteiger partial charge < -0.3 is 18.9 Å². The highest BCUT2D eigenvalue weighted by Crippen LogP contribution is 2.45. The molecule has 0 unspecified atom stereocenters. The van der Waals surface area contributed by atoms with Crippen LogP contribution < -0.4 is 0 Å². The van der Waals surface area contributed by atoms with Crippen LogP contribution in [0.2, 0.25) is 5.02 Å². The van der Waals surface area contributed by atoms with Crippen LogP contribution in [0.15, 0.2) is 78.9 Å². The maximum atomic E-state index is 12.6. The maximum absolute atomic E-state index is 12.6. The van der Waals surface area contributed by atoms with Gasteiger partial charge in [0.25, 0.3) is 0 Å². The molecule has 1 spiro atoms. The number of hydrogen-bond donors (Lipinski definition) is 0. The number of ether oxygens (including phenoxy) is 4. The number of fused-ring (bicyclic) bond motifs is 2. The minimum Gasteiger partial charge on any atom is -0.464 e. The van der Waals surface area contributed by atoms with E-state index in [-0.39, 0.29) is 5.69 Å². The van der Waals surface area contributed by atoms with Gasteiger partial charge in [-0.3, -0.25) is 0 Å². The van der Waals surface area contributed by atoms with Crippen LogP contribution in [0.5, 0.6) is 0 Å². The lowest BCUT2D eigenvalue weighted by Gasteiger charge is -2.31. The molecule has 0 N–H and O–H groups in total. The van der Waals surface area contributed by atoms with Crippen LogP contribution in [0.3, 0.4) is 0 Å². The standard InChI is InChI=1S/C26H27N3O4.C18H16ClN3O2/c1-31-25(30)21-16-20(17-10-12-26(13-11-17)32-14-15-33-26)22-23(18-6-5-7-18)28-29(24(22)27-21)19-8-3-2-4-9-19;1-24-18(23)14-10-13(19)15-16(11-6-5-7-11)21-22(17(15)20-14)12-8-3-2-4-9-12/h2-4,8-10,16,18H,5-7,11-15H2,1H3;2-4,8-11H,5-7H2,1H3. The van der Waals surface area contributed by atoms with Crippen molar-refractivity contribution in [2.45, 2.75) is 75.4 Å². The van der Waals surface area contributed by atoms with E-state index in [2.05, 4.69) is 11.1 Å². The highest BCUT2D eigenvalue weighted by Gasteiger charge is 2.39. The quantitative estimate of drug-likeness (QED) is 0.145. The Balaban J connectivity index is 0.000000156. The zero-order chi connectivity index (χ0) is 39.1. The Kier molecular flexibility index (Phi) is 10.1. The SMILES string of the molecule is COC(=O)c1cc(C2=CCC3(CC2)OCCO3)c2c(C3CCC3)nn(-c3ccccc3)c2n1.COC(=O)c1cc(Cl)c2c(C3CCC3)nn(-c3ccccc3)c2n1. The van der Waals surface area contributed by atoms with E-state index in [1.165, 1.54) is 32.6 Å². The topological polar surface area (TPSA) is 132 Å². The number of carbonyl (C=O) groups excluding carboxylic acids is 2. The van der Waals surface area contributed by atoms with E-state index in [1.807, 2.05) is 71.4 Å². The van der Waals surface area contributed by atoms with E-state index in [1.54, 1.807) is 10.7 Å². The van der Waals surface area contributed by atoms with Gasteiger partial charge in [0.2, 0.25) is 0 Å². The molecule has 1 aliphatic heterocycles. The molecule has 0 amide bonds. The van der Waals surface area contributed by atoms with Crippen molar-refractivity contribution in [2.75, 3.05) is 27.4 Å². The van der Waals surface area contributed by atoms with Crippen molar-refractivity contribution < 1.29 is 28.5 Å². The van der Waals surface area contributed by atoms with Gasteiger partial charge in [0.15, 0.2) is 28.5 Å². The van der Waals surface area contributed by atoms with Crippen molar-refractivity contribution >= 4 is 51.2 Å². The third-order valence-electron chi connectivity index (χ3n) is 11.7. The second-order valence-electron chi connectivity index (χ2n) is 15.0. The van der Waals surface area contributed by atoms with Crippen LogP contribution in [0.25, 0.3) is 39.0 Å². The van der Waals surface area contributed by atoms with E-state index in [9.17, 15) is 9.59 Å². The number of nitrogens with zero attached hydrogens (tertiary/aromatic N) is 6. The van der Waals surface area contributed by atoms with Gasteiger partial charge in [0.1, 0.15) is 0 Å². The van der Waals surface area contributed by atoms with Crippen LogP contribution in [0, 0.1) is 0 Å². The number of esters is 2. The molecule has 6 aromatic rings. The van der Waals surface area contributed by atoms with Crippen molar-refractivity contribution in [1.82, 2.24) is 29.5 Å². The number of para-hydroxylation sites is 2. The highest BCUT2D eigenvalue weighted by molar-refractivity contribution is 6.35. The lowest BCUT2D eigenvalue weighted by Crippen LogP contribution is -2.31. The average molecular weight is 787 g/mol. The maximum Gasteiger partial charge on any atom is 0.356 e. The lowest BCUT2D eigenvalue weighted by atomic mass is 9.80. The van der Waals surface area contributed by atoms with Crippen LogP contribution in [0.4, 0.5) is 0 Å². The van der Waals surface area contributed by atoms with Crippen molar-refractivity contribution in [2.24, 2.45) is 0 Å². The minimum atomic E-state index is -0.509. The van der Waals surface area contributed by atoms with E-state index in [0.29, 0.717) is 53.5 Å². The van der Waals surface area contributed by atoms with Gasteiger partial charge in [0, 0.05) is 24.7 Å². The highest BCUT2D eigenvalue weighted by atomic mass is 35.5. The number of hydrogen-bond acceptors (Lipinski definition) is 10. The molecular formula is C44H43ClN6O6. The molecule has 1 saturated heterocycles. The monoisotopic (exact) mass is 786 g/mol. The molecule has 10 rings (SSSR count). The summed E-state index contributed by atoms with van der Waals surface area (Å²) in [5.41, 5.74) is 7.85. The Morgan fingerprint density at radius 3 is 1.72 bits per heavy atom. The summed E-state index contributed by atoms with van der Waals surface area (Å²) in [6, 6.07) is 23.2. The molecule has 3 aliphatic carbocycles. The summed E-state index contributed by atoms with van der Waals surface area (Å²) in [7, 11) is 2.72. The first-order valence-electron chi connectivity index (χ1n) is 19.6. The summed E-state index contributed by atoms with van der Waals surface area (Å²) in [4.78, 5) is 33.7. The van der Waals surface area contributed by atoms with Crippen LogP contribution in [-0.2, 0) is 18.9 Å². The van der Waals surface area contributed by atoms with Gasteiger partial charge >= 0.3 is 11.9 Å². The molecular weight excluding hydrogens is 744 g/mol. The van der Waals surface area contributed by atoms with Gasteiger partial charge in [-0.1, -0.05) is 66.9 Å². The molecule has 5 heterocycles. The number of aromatic nitrogens is 6. The molecule has 12 nitrogen and oxygen atoms in total. The first kappa shape index (κ1) is 37.2. The summed E-state index contributed by atoms with van der Waals surface area (Å²) in [6.07, 6.45) is 11.4. The Morgan fingerprint density at radius 1 is 0.737 bits per heavy atom. The normalized spacial score (nSPS) is 17.8. The summed E-state index contributed by atoms with van der Waals surface area (Å²) in [5, 5.41) is 12.2. The van der Waals surface area contributed by atoms with Crippen LogP contribution >= 0.6 is 11.6 Å². The Bertz CT molecular complexity index is 2500. The smallest absolute Gasteiger partial charge is 0.356 e. The van der Waals surface area contributed by atoms with Crippen molar-refractivity contribution in [3.63, 3.8) is 0 Å². The van der Waals surface area contributed by atoms with E-state index < -0.39 is 17.7 Å². The number of allylic oxidation sites excluding steroid dienone is 1. The molecule has 2 aromatic carbocycles. The van der Waals surface area contributed by atoms with Crippen molar-refractivity contribution in [3.05, 3.63) is 112 Å². The Labute approximate surface area is 334 Å². The third kappa shape index (κ3) is 6.89. The molecule has 2 saturated carbocycles. The summed E-state index contributed by atoms with van der Waals surface area (Å²) < 4.78 is 25.3. The number of methoxy groups -OCH3 is 2. The first-order valence-corrected chi connectivity index (χ1v) is 20.0. The van der Waals surface area contributed by atoms with Gasteiger partial charge in [-0.05, 0) is 79.6 Å². The molecule has 292 valence electrons. The van der Waals surface area contributed by atoms with Crippen LogP contribution in [0.1, 0.15) is 108 Å². The first-order chi connectivity index (χ1) is 27.9. The number of pyridine rings is 2. The number of rotatable bonds is 7. The molecule has 0 atom stereocenters. The summed E-state index contributed by atoms with van der Waals surface area (Å²) in [6.45, 7) is 1.29. The van der Waals surface area contributed by atoms with Gasteiger partial charge in [-0.15, -0.1) is 0 Å².